The van der Waals surface area contributed by atoms with Crippen molar-refractivity contribution in [3.8, 4) is 0 Å². The van der Waals surface area contributed by atoms with Gasteiger partial charge in [0.25, 0.3) is 0 Å². The Balaban J connectivity index is 0.000000162. The lowest BCUT2D eigenvalue weighted by atomic mass is 10.0. The minimum atomic E-state index is -0.436. The molecule has 4 N–H and O–H groups in total. The number of hydrogen-bond donors (Lipinski definition) is 4. The van der Waals surface area contributed by atoms with E-state index in [2.05, 4.69) is 51.6 Å². The number of carbonyl (C=O) groups is 2. The zero-order chi connectivity index (χ0) is 19.6. The van der Waals surface area contributed by atoms with Crippen LogP contribution < -0.4 is 21.3 Å². The van der Waals surface area contributed by atoms with Gasteiger partial charge in [-0.15, -0.1) is 0 Å². The van der Waals surface area contributed by atoms with E-state index < -0.39 is 6.04 Å². The summed E-state index contributed by atoms with van der Waals surface area (Å²) in [6.45, 7) is 3.38. The summed E-state index contributed by atoms with van der Waals surface area (Å²) in [6, 6.07) is 20.4. The highest BCUT2D eigenvalue weighted by Crippen LogP contribution is 2.05. The van der Waals surface area contributed by atoms with Gasteiger partial charge in [-0.25, -0.2) is 0 Å². The van der Waals surface area contributed by atoms with Crippen LogP contribution in [0, 0.1) is 0 Å². The Bertz CT molecular complexity index is 746. The van der Waals surface area contributed by atoms with Crippen LogP contribution >= 0.6 is 0 Å². The molecule has 148 valence electrons. The van der Waals surface area contributed by atoms with Gasteiger partial charge in [0.1, 0.15) is 6.04 Å². The predicted molar refractivity (Wildman–Crippen MR) is 110 cm³/mol. The van der Waals surface area contributed by atoms with E-state index in [1.165, 1.54) is 5.56 Å². The second kappa shape index (κ2) is 10.6. The first-order chi connectivity index (χ1) is 13.7. The van der Waals surface area contributed by atoms with Gasteiger partial charge in [0.05, 0.1) is 6.54 Å². The number of amides is 2. The van der Waals surface area contributed by atoms with Crippen molar-refractivity contribution in [3.05, 3.63) is 71.8 Å². The van der Waals surface area contributed by atoms with Crippen LogP contribution in [0.2, 0.25) is 0 Å². The molecule has 0 aromatic heterocycles. The summed E-state index contributed by atoms with van der Waals surface area (Å²) >= 11 is 0. The third kappa shape index (κ3) is 6.48. The number of piperazine rings is 2. The minimum absolute atomic E-state index is 0.0874. The summed E-state index contributed by atoms with van der Waals surface area (Å²) in [5, 5.41) is 12.1. The van der Waals surface area contributed by atoms with E-state index in [9.17, 15) is 9.59 Å². The fraction of sp³-hybridized carbons (Fsp3) is 0.364. The normalized spacial score (nSPS) is 21.7. The largest absolute Gasteiger partial charge is 0.345 e. The van der Waals surface area contributed by atoms with E-state index >= 15 is 0 Å². The van der Waals surface area contributed by atoms with E-state index in [1.807, 2.05) is 30.3 Å². The number of benzene rings is 2. The predicted octanol–water partition coefficient (Wildman–Crippen LogP) is 0.634. The summed E-state index contributed by atoms with van der Waals surface area (Å²) in [4.78, 5) is 22.5. The van der Waals surface area contributed by atoms with E-state index in [4.69, 9.17) is 0 Å². The van der Waals surface area contributed by atoms with Crippen LogP contribution in [0.25, 0.3) is 0 Å². The molecule has 0 aliphatic carbocycles. The molecule has 2 unspecified atom stereocenters. The van der Waals surface area contributed by atoms with Gasteiger partial charge in [0.2, 0.25) is 11.8 Å². The lowest BCUT2D eigenvalue weighted by Crippen LogP contribution is -2.56. The molecule has 2 atom stereocenters. The topological polar surface area (TPSA) is 82.3 Å². The van der Waals surface area contributed by atoms with Gasteiger partial charge >= 0.3 is 0 Å². The average Bonchev–Trinajstić information content (AvgIpc) is 2.74. The zero-order valence-electron chi connectivity index (χ0n) is 16.0. The SMILES string of the molecule is O=C1CNC(=O)C(Cc2ccccc2)N1.c1ccc(CC2CNCCN2)cc1. The summed E-state index contributed by atoms with van der Waals surface area (Å²) < 4.78 is 0. The van der Waals surface area contributed by atoms with Crippen molar-refractivity contribution in [2.24, 2.45) is 0 Å². The highest BCUT2D eigenvalue weighted by atomic mass is 16.2. The number of hydrogen-bond acceptors (Lipinski definition) is 4. The smallest absolute Gasteiger partial charge is 0.243 e. The van der Waals surface area contributed by atoms with Crippen LogP contribution in [-0.4, -0.2) is 50.1 Å². The molecule has 0 saturated carbocycles. The van der Waals surface area contributed by atoms with Gasteiger partial charge in [-0.3, -0.25) is 9.59 Å². The highest BCUT2D eigenvalue weighted by molar-refractivity contribution is 5.94. The zero-order valence-corrected chi connectivity index (χ0v) is 16.0. The second-order valence-electron chi connectivity index (χ2n) is 7.07. The fourth-order valence-electron chi connectivity index (χ4n) is 3.35. The molecule has 2 aliphatic heterocycles. The van der Waals surface area contributed by atoms with Crippen molar-refractivity contribution in [2.75, 3.05) is 26.2 Å². The number of rotatable bonds is 4. The van der Waals surface area contributed by atoms with E-state index in [1.54, 1.807) is 0 Å². The molecular weight excluding hydrogens is 352 g/mol. The van der Waals surface area contributed by atoms with Crippen LogP contribution in [0.5, 0.6) is 0 Å². The van der Waals surface area contributed by atoms with Crippen LogP contribution in [0.4, 0.5) is 0 Å². The highest BCUT2D eigenvalue weighted by Gasteiger charge is 2.25. The molecule has 0 radical (unpaired) electrons. The van der Waals surface area contributed by atoms with Gasteiger partial charge < -0.3 is 21.3 Å². The molecule has 2 heterocycles. The maximum absolute atomic E-state index is 11.4. The van der Waals surface area contributed by atoms with Crippen LogP contribution in [0.3, 0.4) is 0 Å². The van der Waals surface area contributed by atoms with Crippen molar-refractivity contribution in [1.29, 1.82) is 0 Å². The van der Waals surface area contributed by atoms with Crippen LogP contribution in [-0.2, 0) is 22.4 Å². The van der Waals surface area contributed by atoms with Gasteiger partial charge in [0.15, 0.2) is 0 Å². The van der Waals surface area contributed by atoms with Crippen molar-refractivity contribution in [1.82, 2.24) is 21.3 Å². The first-order valence-corrected chi connectivity index (χ1v) is 9.80. The molecule has 4 rings (SSSR count). The lowest BCUT2D eigenvalue weighted by Gasteiger charge is -2.24. The third-order valence-electron chi connectivity index (χ3n) is 4.81. The van der Waals surface area contributed by atoms with Gasteiger partial charge in [0, 0.05) is 32.1 Å². The van der Waals surface area contributed by atoms with Gasteiger partial charge in [-0.2, -0.15) is 0 Å². The molecule has 6 nitrogen and oxygen atoms in total. The Kier molecular flexibility index (Phi) is 7.58. The molecule has 2 fully saturated rings. The third-order valence-corrected chi connectivity index (χ3v) is 4.81. The Hall–Kier alpha value is -2.70. The van der Waals surface area contributed by atoms with Crippen molar-refractivity contribution >= 4 is 11.8 Å². The summed E-state index contributed by atoms with van der Waals surface area (Å²) in [7, 11) is 0. The molecule has 2 aromatic rings. The molecule has 2 aliphatic rings. The van der Waals surface area contributed by atoms with E-state index in [0.717, 1.165) is 31.6 Å². The van der Waals surface area contributed by atoms with Crippen LogP contribution in [0.15, 0.2) is 60.7 Å². The molecule has 28 heavy (non-hydrogen) atoms. The van der Waals surface area contributed by atoms with Crippen molar-refractivity contribution < 1.29 is 9.59 Å². The van der Waals surface area contributed by atoms with Crippen molar-refractivity contribution in [2.45, 2.75) is 24.9 Å². The van der Waals surface area contributed by atoms with E-state index in [0.29, 0.717) is 12.5 Å². The molecule has 0 bridgehead atoms. The fourth-order valence-corrected chi connectivity index (χ4v) is 3.35. The molecule has 2 amide bonds. The van der Waals surface area contributed by atoms with Gasteiger partial charge in [-0.1, -0.05) is 60.7 Å². The van der Waals surface area contributed by atoms with Gasteiger partial charge in [-0.05, 0) is 17.5 Å². The summed E-state index contributed by atoms with van der Waals surface area (Å²) in [6.07, 6.45) is 1.67. The van der Waals surface area contributed by atoms with E-state index in [-0.39, 0.29) is 18.4 Å². The molecule has 2 saturated heterocycles. The number of nitrogens with one attached hydrogen (secondary N) is 4. The first-order valence-electron chi connectivity index (χ1n) is 9.80. The first kappa shape index (κ1) is 20.0. The standard InChI is InChI=1S/C11H12N2O2.C11H16N2/c14-10-7-12-11(15)9(13-10)6-8-4-2-1-3-5-8;1-2-4-10(5-3-1)8-11-9-12-6-7-13-11/h1-5,9H,6-7H2,(H,12,15)(H,13,14);1-5,11-13H,6-9H2. The quantitative estimate of drug-likeness (QED) is 0.627. The maximum Gasteiger partial charge on any atom is 0.243 e. The number of carbonyl (C=O) groups excluding carboxylic acids is 2. The molecule has 2 aromatic carbocycles. The molecule has 0 spiro atoms. The maximum atomic E-state index is 11.4. The molecular formula is C22H28N4O2. The minimum Gasteiger partial charge on any atom is -0.345 e. The van der Waals surface area contributed by atoms with Crippen molar-refractivity contribution in [3.63, 3.8) is 0 Å². The Morgan fingerprint density at radius 2 is 1.46 bits per heavy atom. The Morgan fingerprint density at radius 3 is 2.07 bits per heavy atom. The summed E-state index contributed by atoms with van der Waals surface area (Å²) in [5.74, 6) is -0.242. The Morgan fingerprint density at radius 1 is 0.821 bits per heavy atom. The Labute approximate surface area is 166 Å². The van der Waals surface area contributed by atoms with Crippen LogP contribution in [0.1, 0.15) is 11.1 Å². The lowest BCUT2D eigenvalue weighted by molar-refractivity contribution is -0.133. The monoisotopic (exact) mass is 380 g/mol. The molecule has 6 heteroatoms. The second-order valence-corrected chi connectivity index (χ2v) is 7.07. The summed E-state index contributed by atoms with van der Waals surface area (Å²) in [5.41, 5.74) is 2.46. The average molecular weight is 380 g/mol.